The Bertz CT molecular complexity index is 1730. The smallest absolute Gasteiger partial charge is 0.408 e. The van der Waals surface area contributed by atoms with Crippen molar-refractivity contribution < 1.29 is 48.1 Å². The second-order valence-corrected chi connectivity index (χ2v) is 17.1. The van der Waals surface area contributed by atoms with E-state index in [0.29, 0.717) is 5.56 Å². The molecule has 16 nitrogen and oxygen atoms in total. The van der Waals surface area contributed by atoms with Gasteiger partial charge in [0, 0.05) is 32.1 Å². The van der Waals surface area contributed by atoms with Crippen molar-refractivity contribution in [1.82, 2.24) is 31.9 Å². The van der Waals surface area contributed by atoms with Gasteiger partial charge in [-0.15, -0.1) is 0 Å². The number of aromatic hydroxyl groups is 1. The maximum absolute atomic E-state index is 14.0. The average molecular weight is 813 g/mol. The number of carbonyl (C=O) groups excluding carboxylic acids is 6. The highest BCUT2D eigenvalue weighted by molar-refractivity contribution is 5.91. The molecule has 0 heterocycles. The second-order valence-electron chi connectivity index (χ2n) is 17.1. The summed E-state index contributed by atoms with van der Waals surface area (Å²) in [7, 11) is 0. The van der Waals surface area contributed by atoms with Gasteiger partial charge >= 0.3 is 18.3 Å². The van der Waals surface area contributed by atoms with Crippen LogP contribution in [0.3, 0.4) is 0 Å². The third kappa shape index (κ3) is 20.1. The first-order valence-corrected chi connectivity index (χ1v) is 19.5. The zero-order valence-electron chi connectivity index (χ0n) is 35.8. The Labute approximate surface area is 342 Å². The van der Waals surface area contributed by atoms with Gasteiger partial charge in [0.2, 0.25) is 17.7 Å². The van der Waals surface area contributed by atoms with E-state index in [2.05, 4.69) is 31.9 Å². The summed E-state index contributed by atoms with van der Waals surface area (Å²) in [5.74, 6) is -1.48. The summed E-state index contributed by atoms with van der Waals surface area (Å²) in [6.07, 6.45) is -1.66. The van der Waals surface area contributed by atoms with Crippen LogP contribution in [0, 0.1) is 6.92 Å². The first-order chi connectivity index (χ1) is 26.8. The Kier molecular flexibility index (Phi) is 18.3. The van der Waals surface area contributed by atoms with Gasteiger partial charge in [-0.05, 0) is 130 Å². The van der Waals surface area contributed by atoms with Gasteiger partial charge in [0.25, 0.3) is 0 Å². The second kappa shape index (κ2) is 21.8. The van der Waals surface area contributed by atoms with Gasteiger partial charge in [0.1, 0.15) is 34.6 Å². The number of alkyl carbamates (subject to hydrolysis) is 3. The molecule has 6 amide bonds. The quantitative estimate of drug-likeness (QED) is 0.0824. The van der Waals surface area contributed by atoms with Gasteiger partial charge in [-0.25, -0.2) is 14.4 Å². The SMILES string of the molecule is Cc1cc(-c2cccc(C[C@@H](CC(=O)NCCNC(=O)OC(C)(C)C)NC(=O)[C@H](CCCNC(=O)OC(C)(C)C)NC(=O)C(C)NC(=O)OC(C)(C)C)c2)ccc1O. The highest BCUT2D eigenvalue weighted by atomic mass is 16.6. The molecule has 1 unspecified atom stereocenters. The van der Waals surface area contributed by atoms with Crippen LogP contribution in [0.4, 0.5) is 14.4 Å². The summed E-state index contributed by atoms with van der Waals surface area (Å²) in [4.78, 5) is 77.3. The van der Waals surface area contributed by atoms with Crippen LogP contribution >= 0.6 is 0 Å². The molecule has 58 heavy (non-hydrogen) atoms. The van der Waals surface area contributed by atoms with Gasteiger partial charge in [-0.1, -0.05) is 30.3 Å². The van der Waals surface area contributed by atoms with Gasteiger partial charge in [-0.2, -0.15) is 0 Å². The van der Waals surface area contributed by atoms with Crippen LogP contribution in [-0.4, -0.2) is 95.7 Å². The molecule has 0 fully saturated rings. The standard InChI is InChI=1S/C42H64N6O10/c1-26-22-30(17-18-33(26)49)29-15-12-14-28(23-29)24-31(25-34(50)43-20-21-45-38(54)57-41(6,7)8)47-36(52)32(16-13-19-44-37(53)56-40(3,4)5)48-35(51)27(2)46-39(55)58-42(9,10)11/h12,14-15,17-18,22-23,27,31-32,49H,13,16,19-21,24-25H2,1-11H3,(H,43,50)(H,44,53)(H,45,54)(H,46,55)(H,47,52)(H,48,51)/t27?,31-,32-/m0/s1. The zero-order chi connectivity index (χ0) is 43.8. The fraction of sp³-hybridized carbons (Fsp3) is 0.571. The molecule has 7 N–H and O–H groups in total. The van der Waals surface area contributed by atoms with Crippen molar-refractivity contribution in [2.75, 3.05) is 19.6 Å². The number of aryl methyl sites for hydroxylation is 1. The molecule has 0 bridgehead atoms. The topological polar surface area (TPSA) is 223 Å². The predicted molar refractivity (Wildman–Crippen MR) is 220 cm³/mol. The van der Waals surface area contributed by atoms with E-state index in [1.165, 1.54) is 6.92 Å². The highest BCUT2D eigenvalue weighted by Crippen LogP contribution is 2.26. The first kappa shape index (κ1) is 48.6. The van der Waals surface area contributed by atoms with E-state index in [-0.39, 0.29) is 51.1 Å². The number of phenols is 1. The molecule has 2 aromatic rings. The Morgan fingerprint density at radius 2 is 1.21 bits per heavy atom. The Morgan fingerprint density at radius 3 is 1.79 bits per heavy atom. The summed E-state index contributed by atoms with van der Waals surface area (Å²) in [5.41, 5.74) is 1.03. The predicted octanol–water partition coefficient (Wildman–Crippen LogP) is 5.13. The van der Waals surface area contributed by atoms with Crippen LogP contribution < -0.4 is 31.9 Å². The lowest BCUT2D eigenvalue weighted by molar-refractivity contribution is -0.130. The van der Waals surface area contributed by atoms with Crippen molar-refractivity contribution in [1.29, 1.82) is 0 Å². The number of ether oxygens (including phenoxy) is 3. The number of rotatable bonds is 17. The molecule has 322 valence electrons. The summed E-state index contributed by atoms with van der Waals surface area (Å²) in [6, 6.07) is 9.86. The minimum Gasteiger partial charge on any atom is -0.508 e. The van der Waals surface area contributed by atoms with Crippen LogP contribution in [0.1, 0.15) is 99.6 Å². The summed E-state index contributed by atoms with van der Waals surface area (Å²) >= 11 is 0. The lowest BCUT2D eigenvalue weighted by atomic mass is 9.96. The van der Waals surface area contributed by atoms with E-state index in [1.54, 1.807) is 81.4 Å². The van der Waals surface area contributed by atoms with Crippen LogP contribution in [0.15, 0.2) is 42.5 Å². The van der Waals surface area contributed by atoms with E-state index in [0.717, 1.165) is 16.7 Å². The van der Waals surface area contributed by atoms with Crippen molar-refractivity contribution in [3.63, 3.8) is 0 Å². The molecule has 2 aromatic carbocycles. The number of hydrogen-bond acceptors (Lipinski definition) is 10. The Morgan fingerprint density at radius 1 is 0.655 bits per heavy atom. The molecule has 0 aliphatic carbocycles. The highest BCUT2D eigenvalue weighted by Gasteiger charge is 2.28. The summed E-state index contributed by atoms with van der Waals surface area (Å²) in [5, 5.41) is 26.2. The number of carbonyl (C=O) groups is 6. The largest absolute Gasteiger partial charge is 0.508 e. The van der Waals surface area contributed by atoms with Crippen LogP contribution in [0.25, 0.3) is 11.1 Å². The molecule has 0 saturated heterocycles. The van der Waals surface area contributed by atoms with Crippen LogP contribution in [0.5, 0.6) is 5.75 Å². The molecule has 2 rings (SSSR count). The number of hydrogen-bond donors (Lipinski definition) is 7. The fourth-order valence-corrected chi connectivity index (χ4v) is 5.38. The van der Waals surface area contributed by atoms with E-state index in [4.69, 9.17) is 14.2 Å². The van der Waals surface area contributed by atoms with Gasteiger partial charge in [-0.3, -0.25) is 14.4 Å². The van der Waals surface area contributed by atoms with E-state index in [1.807, 2.05) is 30.3 Å². The minimum absolute atomic E-state index is 0.0808. The number of amides is 6. The van der Waals surface area contributed by atoms with E-state index < -0.39 is 70.9 Å². The maximum Gasteiger partial charge on any atom is 0.408 e. The third-order valence-corrected chi connectivity index (χ3v) is 7.93. The van der Waals surface area contributed by atoms with Crippen molar-refractivity contribution in [2.45, 2.75) is 137 Å². The molecule has 3 atom stereocenters. The molecule has 0 aliphatic rings. The van der Waals surface area contributed by atoms with Crippen molar-refractivity contribution in [2.24, 2.45) is 0 Å². The lowest BCUT2D eigenvalue weighted by Crippen LogP contribution is -2.55. The van der Waals surface area contributed by atoms with Crippen LogP contribution in [0.2, 0.25) is 0 Å². The number of phenolic OH excluding ortho intramolecular Hbond substituents is 1. The number of nitrogens with one attached hydrogen (secondary N) is 6. The van der Waals surface area contributed by atoms with E-state index in [9.17, 15) is 33.9 Å². The molecular weight excluding hydrogens is 748 g/mol. The van der Waals surface area contributed by atoms with Gasteiger partial charge < -0.3 is 51.2 Å². The first-order valence-electron chi connectivity index (χ1n) is 19.5. The minimum atomic E-state index is -1.13. The van der Waals surface area contributed by atoms with E-state index >= 15 is 0 Å². The molecule has 0 spiro atoms. The van der Waals surface area contributed by atoms with Gasteiger partial charge in [0.15, 0.2) is 0 Å². The molecule has 0 radical (unpaired) electrons. The fourth-order valence-electron chi connectivity index (χ4n) is 5.38. The van der Waals surface area contributed by atoms with Crippen molar-refractivity contribution in [3.8, 4) is 16.9 Å². The summed E-state index contributed by atoms with van der Waals surface area (Å²) in [6.45, 7) is 19.1. The monoisotopic (exact) mass is 812 g/mol. The normalized spacial score (nSPS) is 13.2. The maximum atomic E-state index is 14.0. The lowest BCUT2D eigenvalue weighted by Gasteiger charge is -2.26. The zero-order valence-corrected chi connectivity index (χ0v) is 35.8. The Hall–Kier alpha value is -5.54. The molecular formula is C42H64N6O10. The molecule has 0 saturated carbocycles. The molecule has 0 aromatic heterocycles. The van der Waals surface area contributed by atoms with Gasteiger partial charge in [0.05, 0.1) is 0 Å². The molecule has 0 aliphatic heterocycles. The summed E-state index contributed by atoms with van der Waals surface area (Å²) < 4.78 is 15.8. The van der Waals surface area contributed by atoms with Crippen LogP contribution in [-0.2, 0) is 35.0 Å². The van der Waals surface area contributed by atoms with Crippen molar-refractivity contribution in [3.05, 3.63) is 53.6 Å². The number of benzene rings is 2. The van der Waals surface area contributed by atoms with Crippen molar-refractivity contribution >= 4 is 36.0 Å². The average Bonchev–Trinajstić information content (AvgIpc) is 3.06. The Balaban J connectivity index is 2.31. The molecule has 16 heteroatoms. The third-order valence-electron chi connectivity index (χ3n) is 7.93.